The van der Waals surface area contributed by atoms with Gasteiger partial charge in [0.2, 0.25) is 0 Å². The first-order valence-corrected chi connectivity index (χ1v) is 12.6. The van der Waals surface area contributed by atoms with E-state index in [0.717, 1.165) is 55.2 Å². The van der Waals surface area contributed by atoms with Crippen molar-refractivity contribution in [2.24, 2.45) is 0 Å². The highest BCUT2D eigenvalue weighted by Crippen LogP contribution is 2.47. The molecule has 1 saturated heterocycles. The van der Waals surface area contributed by atoms with Crippen LogP contribution in [0.3, 0.4) is 0 Å². The highest BCUT2D eigenvalue weighted by Gasteiger charge is 2.50. The lowest BCUT2D eigenvalue weighted by Gasteiger charge is -2.36. The number of hydrogen-bond acceptors (Lipinski definition) is 5. The second kappa shape index (κ2) is 7.82. The summed E-state index contributed by atoms with van der Waals surface area (Å²) in [4.78, 5) is 17.8. The van der Waals surface area contributed by atoms with E-state index >= 15 is 0 Å². The fourth-order valence-electron chi connectivity index (χ4n) is 5.42. The molecule has 0 saturated carbocycles. The zero-order valence-electron chi connectivity index (χ0n) is 19.2. The van der Waals surface area contributed by atoms with E-state index in [2.05, 4.69) is 52.3 Å². The summed E-state index contributed by atoms with van der Waals surface area (Å²) in [5, 5.41) is 1.15. The summed E-state index contributed by atoms with van der Waals surface area (Å²) in [7, 11) is 0. The molecule has 0 amide bonds. The number of Topliss-reactive ketones (excluding diaryl/α,β-unsaturated/α-hetero) is 1. The third-order valence-corrected chi connectivity index (χ3v) is 8.54. The fourth-order valence-corrected chi connectivity index (χ4v) is 6.55. The smallest absolute Gasteiger partial charge is 0.152 e. The average Bonchev–Trinajstić information content (AvgIpc) is 3.27. The van der Waals surface area contributed by atoms with E-state index in [4.69, 9.17) is 16.0 Å². The van der Waals surface area contributed by atoms with Gasteiger partial charge in [-0.15, -0.1) is 11.6 Å². The molecule has 5 rings (SSSR count). The van der Waals surface area contributed by atoms with Crippen molar-refractivity contribution in [1.29, 1.82) is 0 Å². The van der Waals surface area contributed by atoms with Gasteiger partial charge in [-0.2, -0.15) is 4.37 Å². The minimum absolute atomic E-state index is 0.0958. The third kappa shape index (κ3) is 3.46. The maximum atomic E-state index is 13.0. The van der Waals surface area contributed by atoms with E-state index in [9.17, 15) is 4.79 Å². The van der Waals surface area contributed by atoms with Gasteiger partial charge in [0.25, 0.3) is 0 Å². The number of aromatic nitrogens is 1. The van der Waals surface area contributed by atoms with Gasteiger partial charge in [-0.3, -0.25) is 9.69 Å². The molecular formula is C26H30ClN3OS. The largest absolute Gasteiger partial charge is 0.353 e. The first-order valence-electron chi connectivity index (χ1n) is 11.3. The van der Waals surface area contributed by atoms with Crippen molar-refractivity contribution in [2.45, 2.75) is 43.9 Å². The van der Waals surface area contributed by atoms with E-state index in [1.165, 1.54) is 10.1 Å². The van der Waals surface area contributed by atoms with Crippen LogP contribution < -0.4 is 4.90 Å². The number of hydrogen-bond donors (Lipinski definition) is 0. The second-order valence-electron chi connectivity index (χ2n) is 10.1. The number of rotatable bonds is 4. The summed E-state index contributed by atoms with van der Waals surface area (Å²) in [5.74, 6) is 1.40. The van der Waals surface area contributed by atoms with Crippen molar-refractivity contribution < 1.29 is 4.79 Å². The predicted molar refractivity (Wildman–Crippen MR) is 134 cm³/mol. The monoisotopic (exact) mass is 467 g/mol. The lowest BCUT2D eigenvalue weighted by atomic mass is 9.80. The van der Waals surface area contributed by atoms with Crippen LogP contribution in [0.25, 0.3) is 10.1 Å². The van der Waals surface area contributed by atoms with Gasteiger partial charge in [-0.1, -0.05) is 30.3 Å². The van der Waals surface area contributed by atoms with Gasteiger partial charge in [-0.25, -0.2) is 0 Å². The van der Waals surface area contributed by atoms with Crippen LogP contribution in [0.1, 0.15) is 49.8 Å². The zero-order chi connectivity index (χ0) is 22.7. The van der Waals surface area contributed by atoms with Gasteiger partial charge in [0, 0.05) is 48.9 Å². The van der Waals surface area contributed by atoms with Gasteiger partial charge in [0.15, 0.2) is 5.78 Å². The van der Waals surface area contributed by atoms with E-state index < -0.39 is 10.8 Å². The molecule has 1 fully saturated rings. The number of carbonyl (C=O) groups is 1. The average molecular weight is 468 g/mol. The van der Waals surface area contributed by atoms with Crippen LogP contribution in [-0.4, -0.2) is 47.8 Å². The zero-order valence-corrected chi connectivity index (χ0v) is 20.8. The molecule has 0 N–H and O–H groups in total. The van der Waals surface area contributed by atoms with Crippen LogP contribution in [0.15, 0.2) is 42.5 Å². The topological polar surface area (TPSA) is 36.4 Å². The molecular weight excluding hydrogens is 438 g/mol. The molecule has 0 radical (unpaired) electrons. The Hall–Kier alpha value is -1.95. The molecule has 1 aromatic heterocycles. The second-order valence-corrected chi connectivity index (χ2v) is 11.5. The molecule has 3 aromatic rings. The fraction of sp³-hybridized carbons (Fsp3) is 0.462. The maximum absolute atomic E-state index is 13.0. The molecule has 1 unspecified atom stereocenters. The van der Waals surface area contributed by atoms with Crippen molar-refractivity contribution in [3.05, 3.63) is 59.2 Å². The lowest BCUT2D eigenvalue weighted by Crippen LogP contribution is -2.47. The number of fused-ring (bicyclic) bond motifs is 2. The predicted octanol–water partition coefficient (Wildman–Crippen LogP) is 5.54. The molecule has 168 valence electrons. The van der Waals surface area contributed by atoms with Crippen LogP contribution in [0.2, 0.25) is 0 Å². The first kappa shape index (κ1) is 21.9. The van der Waals surface area contributed by atoms with Gasteiger partial charge >= 0.3 is 0 Å². The van der Waals surface area contributed by atoms with Crippen molar-refractivity contribution in [3.8, 4) is 0 Å². The Morgan fingerprint density at radius 3 is 2.44 bits per heavy atom. The molecule has 1 aliphatic heterocycles. The first-order chi connectivity index (χ1) is 15.2. The Labute approximate surface area is 199 Å². The summed E-state index contributed by atoms with van der Waals surface area (Å²) < 4.78 is 5.96. The van der Waals surface area contributed by atoms with Crippen molar-refractivity contribution in [3.63, 3.8) is 0 Å². The van der Waals surface area contributed by atoms with Gasteiger partial charge in [0.1, 0.15) is 5.82 Å². The molecule has 4 nitrogen and oxygen atoms in total. The Morgan fingerprint density at radius 1 is 1.00 bits per heavy atom. The molecule has 0 spiro atoms. The van der Waals surface area contributed by atoms with E-state index in [-0.39, 0.29) is 11.2 Å². The number of halogens is 1. The van der Waals surface area contributed by atoms with Crippen LogP contribution in [0.4, 0.5) is 5.82 Å². The molecule has 0 bridgehead atoms. The van der Waals surface area contributed by atoms with Crippen LogP contribution in [0, 0.1) is 0 Å². The van der Waals surface area contributed by atoms with Crippen molar-refractivity contribution in [1.82, 2.24) is 9.27 Å². The summed E-state index contributed by atoms with van der Waals surface area (Å²) in [6, 6.07) is 14.9. The van der Waals surface area contributed by atoms with E-state index in [1.807, 2.05) is 27.7 Å². The van der Waals surface area contributed by atoms with Gasteiger partial charge in [0.05, 0.1) is 10.1 Å². The van der Waals surface area contributed by atoms with E-state index in [0.29, 0.717) is 0 Å². The number of alkyl halides is 1. The SMILES string of the molecule is CC1(C)C(=O)C(C)(C)c2cc(C(Cl)CN3CCN(c4nsc5ccccc45)CC3)ccc21. The van der Waals surface area contributed by atoms with Crippen LogP contribution in [-0.2, 0) is 15.6 Å². The molecule has 2 aliphatic rings. The van der Waals surface area contributed by atoms with Crippen molar-refractivity contribution >= 4 is 44.8 Å². The summed E-state index contributed by atoms with van der Waals surface area (Å²) in [5.41, 5.74) is 2.49. The summed E-state index contributed by atoms with van der Waals surface area (Å²) >= 11 is 8.48. The normalized spacial score (nSPS) is 21.2. The molecule has 2 aromatic carbocycles. The highest BCUT2D eigenvalue weighted by atomic mass is 35.5. The molecule has 6 heteroatoms. The summed E-state index contributed by atoms with van der Waals surface area (Å²) in [6.07, 6.45) is 0. The molecule has 1 aliphatic carbocycles. The Balaban J connectivity index is 1.27. The highest BCUT2D eigenvalue weighted by molar-refractivity contribution is 7.13. The molecule has 2 heterocycles. The van der Waals surface area contributed by atoms with Gasteiger partial charge in [-0.05, 0) is 68.1 Å². The summed E-state index contributed by atoms with van der Waals surface area (Å²) in [6.45, 7) is 12.8. The number of anilines is 1. The number of benzene rings is 2. The van der Waals surface area contributed by atoms with Crippen LogP contribution in [0.5, 0.6) is 0 Å². The number of carbonyl (C=O) groups excluding carboxylic acids is 1. The van der Waals surface area contributed by atoms with Crippen LogP contribution >= 0.6 is 23.1 Å². The minimum Gasteiger partial charge on any atom is -0.353 e. The van der Waals surface area contributed by atoms with Crippen molar-refractivity contribution in [2.75, 3.05) is 37.6 Å². The third-order valence-electron chi connectivity index (χ3n) is 7.34. The lowest BCUT2D eigenvalue weighted by molar-refractivity contribution is -0.126. The van der Waals surface area contributed by atoms with Gasteiger partial charge < -0.3 is 4.90 Å². The standard InChI is InChI=1S/C26H30ClN3OS/c1-25(2)19-10-9-17(15-20(19)26(3,4)24(25)31)21(27)16-29-11-13-30(14-12-29)23-18-7-5-6-8-22(18)32-28-23/h5-10,15,21H,11-14,16H2,1-4H3. The molecule has 1 atom stereocenters. The minimum atomic E-state index is -0.465. The Bertz CT molecular complexity index is 1180. The number of piperazine rings is 1. The Morgan fingerprint density at radius 2 is 1.69 bits per heavy atom. The van der Waals surface area contributed by atoms with E-state index in [1.54, 1.807) is 11.5 Å². The Kier molecular flexibility index (Phi) is 5.35. The quantitative estimate of drug-likeness (QED) is 0.472. The molecule has 32 heavy (non-hydrogen) atoms. The number of nitrogens with zero attached hydrogens (tertiary/aromatic N) is 3. The maximum Gasteiger partial charge on any atom is 0.152 e. The number of ketones is 1.